The van der Waals surface area contributed by atoms with Crippen LogP contribution >= 0.6 is 11.3 Å². The Morgan fingerprint density at radius 1 is 1.62 bits per heavy atom. The van der Waals surface area contributed by atoms with Crippen molar-refractivity contribution >= 4 is 11.3 Å². The van der Waals surface area contributed by atoms with Crippen molar-refractivity contribution < 1.29 is 0 Å². The van der Waals surface area contributed by atoms with Gasteiger partial charge < -0.3 is 0 Å². The molecule has 1 saturated carbocycles. The second kappa shape index (κ2) is 3.89. The number of rotatable bonds is 3. The smallest absolute Gasteiger partial charge is 0.0938 e. The van der Waals surface area contributed by atoms with Crippen molar-refractivity contribution in [3.63, 3.8) is 0 Å². The number of aromatic nitrogens is 1. The summed E-state index contributed by atoms with van der Waals surface area (Å²) in [6, 6.07) is 2.15. The molecular weight excluding hydrogens is 180 g/mol. The van der Waals surface area contributed by atoms with Crippen molar-refractivity contribution in [2.24, 2.45) is 0 Å². The first-order valence-corrected chi connectivity index (χ1v) is 5.59. The van der Waals surface area contributed by atoms with E-state index in [4.69, 9.17) is 5.26 Å². The van der Waals surface area contributed by atoms with Crippen LogP contribution in [0.1, 0.15) is 42.3 Å². The molecule has 0 aliphatic heterocycles. The van der Waals surface area contributed by atoms with E-state index in [0.29, 0.717) is 6.42 Å². The second-order valence-electron chi connectivity index (χ2n) is 3.45. The maximum absolute atomic E-state index is 8.43. The molecule has 3 heteroatoms. The van der Waals surface area contributed by atoms with Crippen molar-refractivity contribution in [2.45, 2.75) is 38.0 Å². The highest BCUT2D eigenvalue weighted by Gasteiger charge is 2.21. The first-order valence-electron chi connectivity index (χ1n) is 4.71. The predicted molar refractivity (Wildman–Crippen MR) is 52.6 cm³/mol. The van der Waals surface area contributed by atoms with Crippen molar-refractivity contribution in [1.82, 2.24) is 4.98 Å². The second-order valence-corrected chi connectivity index (χ2v) is 4.39. The zero-order valence-corrected chi connectivity index (χ0v) is 8.31. The number of hydrogen-bond donors (Lipinski definition) is 0. The topological polar surface area (TPSA) is 36.7 Å². The molecule has 0 spiro atoms. The van der Waals surface area contributed by atoms with Gasteiger partial charge in [-0.25, -0.2) is 4.98 Å². The van der Waals surface area contributed by atoms with Crippen LogP contribution in [0.2, 0.25) is 0 Å². The molecule has 0 atom stereocenters. The van der Waals surface area contributed by atoms with E-state index in [2.05, 4.69) is 16.4 Å². The van der Waals surface area contributed by atoms with E-state index in [1.54, 1.807) is 11.3 Å². The molecule has 1 aliphatic carbocycles. The molecule has 1 heterocycles. The van der Waals surface area contributed by atoms with Gasteiger partial charge >= 0.3 is 0 Å². The lowest BCUT2D eigenvalue weighted by atomic mass is 9.83. The molecule has 1 aliphatic rings. The number of nitriles is 1. The summed E-state index contributed by atoms with van der Waals surface area (Å²) in [7, 11) is 0. The molecule has 0 radical (unpaired) electrons. The minimum absolute atomic E-state index is 0.595. The van der Waals surface area contributed by atoms with Crippen LogP contribution in [-0.4, -0.2) is 4.98 Å². The Kier molecular flexibility index (Phi) is 2.60. The third-order valence-corrected chi connectivity index (χ3v) is 3.47. The summed E-state index contributed by atoms with van der Waals surface area (Å²) in [6.07, 6.45) is 5.39. The van der Waals surface area contributed by atoms with E-state index in [9.17, 15) is 0 Å². The quantitative estimate of drug-likeness (QED) is 0.738. The SMILES string of the molecule is N#CCCc1nc(C2CCC2)cs1. The lowest BCUT2D eigenvalue weighted by Crippen LogP contribution is -2.08. The average Bonchev–Trinajstić information content (AvgIpc) is 2.46. The van der Waals surface area contributed by atoms with E-state index in [1.807, 2.05) is 0 Å². The number of hydrogen-bond acceptors (Lipinski definition) is 3. The van der Waals surface area contributed by atoms with Crippen molar-refractivity contribution in [3.05, 3.63) is 16.1 Å². The summed E-state index contributed by atoms with van der Waals surface area (Å²) in [6.45, 7) is 0. The lowest BCUT2D eigenvalue weighted by molar-refractivity contribution is 0.412. The van der Waals surface area contributed by atoms with Gasteiger partial charge in [-0.2, -0.15) is 5.26 Å². The van der Waals surface area contributed by atoms with Crippen LogP contribution < -0.4 is 0 Å². The Hall–Kier alpha value is -0.880. The van der Waals surface area contributed by atoms with Gasteiger partial charge in [-0.15, -0.1) is 11.3 Å². The molecule has 1 aromatic rings. The van der Waals surface area contributed by atoms with E-state index < -0.39 is 0 Å². The molecule has 2 nitrogen and oxygen atoms in total. The molecule has 0 saturated heterocycles. The summed E-state index contributed by atoms with van der Waals surface area (Å²) >= 11 is 1.70. The third-order valence-electron chi connectivity index (χ3n) is 2.54. The molecule has 0 bridgehead atoms. The van der Waals surface area contributed by atoms with Crippen LogP contribution in [0.25, 0.3) is 0 Å². The number of nitrogens with zero attached hydrogens (tertiary/aromatic N) is 2. The van der Waals surface area contributed by atoms with Crippen molar-refractivity contribution in [1.29, 1.82) is 5.26 Å². The molecule has 0 N–H and O–H groups in total. The van der Waals surface area contributed by atoms with E-state index >= 15 is 0 Å². The molecule has 0 aromatic carbocycles. The molecule has 68 valence electrons. The van der Waals surface area contributed by atoms with Crippen LogP contribution in [0.15, 0.2) is 5.38 Å². The summed E-state index contributed by atoms with van der Waals surface area (Å²) in [4.78, 5) is 4.54. The number of aryl methyl sites for hydroxylation is 1. The van der Waals surface area contributed by atoms with Crippen molar-refractivity contribution in [3.8, 4) is 6.07 Å². The molecule has 1 aromatic heterocycles. The molecule has 0 unspecified atom stereocenters. The van der Waals surface area contributed by atoms with Crippen LogP contribution in [0.4, 0.5) is 0 Å². The molecule has 13 heavy (non-hydrogen) atoms. The van der Waals surface area contributed by atoms with Crippen LogP contribution in [0, 0.1) is 11.3 Å². The van der Waals surface area contributed by atoms with Gasteiger partial charge in [0, 0.05) is 24.1 Å². The van der Waals surface area contributed by atoms with Crippen molar-refractivity contribution in [2.75, 3.05) is 0 Å². The maximum atomic E-state index is 8.43. The Morgan fingerprint density at radius 2 is 2.46 bits per heavy atom. The fourth-order valence-corrected chi connectivity index (χ4v) is 2.37. The highest BCUT2D eigenvalue weighted by atomic mass is 32.1. The fourth-order valence-electron chi connectivity index (χ4n) is 1.49. The highest BCUT2D eigenvalue weighted by Crippen LogP contribution is 2.36. The van der Waals surface area contributed by atoms with Crippen LogP contribution in [0.3, 0.4) is 0 Å². The monoisotopic (exact) mass is 192 g/mol. The standard InChI is InChI=1S/C10H12N2S/c11-6-2-5-10-12-9(7-13-10)8-3-1-4-8/h7-8H,1-5H2. The molecular formula is C10H12N2S. The minimum Gasteiger partial charge on any atom is -0.246 e. The molecule has 2 rings (SSSR count). The van der Waals surface area contributed by atoms with Crippen LogP contribution in [-0.2, 0) is 6.42 Å². The Labute approximate surface area is 82.2 Å². The van der Waals surface area contributed by atoms with Gasteiger partial charge in [0.15, 0.2) is 0 Å². The predicted octanol–water partition coefficient (Wildman–Crippen LogP) is 2.87. The number of thiazole rings is 1. The van der Waals surface area contributed by atoms with Gasteiger partial charge in [0.25, 0.3) is 0 Å². The summed E-state index contributed by atoms with van der Waals surface area (Å²) in [5, 5.41) is 11.7. The normalized spacial score (nSPS) is 16.5. The van der Waals surface area contributed by atoms with Gasteiger partial charge in [-0.3, -0.25) is 0 Å². The van der Waals surface area contributed by atoms with Crippen LogP contribution in [0.5, 0.6) is 0 Å². The first-order chi connectivity index (χ1) is 6.40. The fraction of sp³-hybridized carbons (Fsp3) is 0.600. The maximum Gasteiger partial charge on any atom is 0.0938 e. The van der Waals surface area contributed by atoms with E-state index in [-0.39, 0.29) is 0 Å². The van der Waals surface area contributed by atoms with E-state index in [0.717, 1.165) is 17.3 Å². The molecule has 0 amide bonds. The van der Waals surface area contributed by atoms with E-state index in [1.165, 1.54) is 25.0 Å². The lowest BCUT2D eigenvalue weighted by Gasteiger charge is -2.22. The Morgan fingerprint density at radius 3 is 3.08 bits per heavy atom. The first kappa shape index (κ1) is 8.71. The zero-order valence-electron chi connectivity index (χ0n) is 7.49. The van der Waals surface area contributed by atoms with Gasteiger partial charge in [0.1, 0.15) is 0 Å². The largest absolute Gasteiger partial charge is 0.246 e. The zero-order chi connectivity index (χ0) is 9.10. The summed E-state index contributed by atoms with van der Waals surface area (Å²) in [5.74, 6) is 0.729. The summed E-state index contributed by atoms with van der Waals surface area (Å²) < 4.78 is 0. The minimum atomic E-state index is 0.595. The Bertz CT molecular complexity index is 320. The summed E-state index contributed by atoms with van der Waals surface area (Å²) in [5.41, 5.74) is 1.27. The van der Waals surface area contributed by atoms with Gasteiger partial charge in [0.2, 0.25) is 0 Å². The molecule has 1 fully saturated rings. The van der Waals surface area contributed by atoms with Gasteiger partial charge in [-0.1, -0.05) is 6.42 Å². The van der Waals surface area contributed by atoms with Gasteiger partial charge in [-0.05, 0) is 12.8 Å². The average molecular weight is 192 g/mol. The highest BCUT2D eigenvalue weighted by molar-refractivity contribution is 7.09. The van der Waals surface area contributed by atoms with Gasteiger partial charge in [0.05, 0.1) is 16.8 Å². The third kappa shape index (κ3) is 1.89. The Balaban J connectivity index is 1.97.